The van der Waals surface area contributed by atoms with Crippen LogP contribution in [-0.4, -0.2) is 174 Å². The van der Waals surface area contributed by atoms with E-state index in [4.69, 9.17) is 53.1 Å². The van der Waals surface area contributed by atoms with Gasteiger partial charge in [0, 0.05) is 30.8 Å². The Hall–Kier alpha value is -5.70. The van der Waals surface area contributed by atoms with E-state index in [1.54, 1.807) is 39.2 Å². The number of ether oxygens (including phenoxy) is 10. The molecule has 3 aromatic rings. The molecule has 0 bridgehead atoms. The molecule has 1 aliphatic rings. The number of anilines is 1. The molecule has 20 heteroatoms. The fourth-order valence-corrected chi connectivity index (χ4v) is 7.42. The summed E-state index contributed by atoms with van der Waals surface area (Å²) in [5, 5.41) is 20.8. The van der Waals surface area contributed by atoms with Gasteiger partial charge in [0.25, 0.3) is 0 Å². The summed E-state index contributed by atoms with van der Waals surface area (Å²) in [4.78, 5) is 52.2. The van der Waals surface area contributed by atoms with Crippen LogP contribution in [0, 0.1) is 17.8 Å². The van der Waals surface area contributed by atoms with Gasteiger partial charge in [-0.05, 0) is 58.7 Å². The molecule has 20 nitrogen and oxygen atoms in total. The van der Waals surface area contributed by atoms with Crippen molar-refractivity contribution in [1.82, 2.24) is 16.0 Å². The number of fused-ring (bicyclic) bond motifs is 3. The first-order valence-corrected chi connectivity index (χ1v) is 24.7. The van der Waals surface area contributed by atoms with Crippen LogP contribution < -0.4 is 27.0 Å². The van der Waals surface area contributed by atoms with Crippen LogP contribution in [0.3, 0.4) is 0 Å². The Bertz CT molecular complexity index is 2110. The highest BCUT2D eigenvalue weighted by Gasteiger charge is 2.32. The molecule has 0 fully saturated rings. The number of primary amides is 1. The summed E-state index contributed by atoms with van der Waals surface area (Å²) in [7, 11) is 1.63. The number of alkyl carbamates (subject to hydrolysis) is 1. The molecule has 0 radical (unpaired) electrons. The van der Waals surface area contributed by atoms with Gasteiger partial charge in [-0.15, -0.1) is 0 Å². The van der Waals surface area contributed by atoms with E-state index in [1.165, 1.54) is 0 Å². The van der Waals surface area contributed by atoms with Crippen LogP contribution in [0.4, 0.5) is 15.3 Å². The second-order valence-corrected chi connectivity index (χ2v) is 16.8. The van der Waals surface area contributed by atoms with Crippen molar-refractivity contribution in [2.75, 3.05) is 138 Å². The molecule has 0 aliphatic heterocycles. The molecule has 2 unspecified atom stereocenters. The van der Waals surface area contributed by atoms with Crippen molar-refractivity contribution in [2.24, 2.45) is 11.7 Å². The molecule has 2 atom stereocenters. The van der Waals surface area contributed by atoms with E-state index in [9.17, 15) is 24.3 Å². The SMILES string of the molecule is COCCOCCOCCOCCOCCOCCOCCOCCOCC#Cc1cc(NC(=O)C(CCCNC(N)=O)NC(=O)C(NC(=O)OCC2c3ccccc3-c3ccccc32)C(C)C)ccc1CO. The van der Waals surface area contributed by atoms with E-state index in [0.717, 1.165) is 22.3 Å². The number of nitrogens with two attached hydrogens (primary N) is 1. The minimum atomic E-state index is -1.08. The number of nitrogens with one attached hydrogen (secondary N) is 4. The van der Waals surface area contributed by atoms with Crippen LogP contribution >= 0.6 is 0 Å². The van der Waals surface area contributed by atoms with Crippen molar-refractivity contribution in [3.63, 3.8) is 0 Å². The van der Waals surface area contributed by atoms with Gasteiger partial charge >= 0.3 is 12.1 Å². The number of carbonyl (C=O) groups is 4. The summed E-state index contributed by atoms with van der Waals surface area (Å²) < 4.78 is 54.5. The maximum absolute atomic E-state index is 13.8. The third-order valence-electron chi connectivity index (χ3n) is 11.1. The molecule has 0 heterocycles. The maximum Gasteiger partial charge on any atom is 0.407 e. The number of urea groups is 1. The van der Waals surface area contributed by atoms with Crippen LogP contribution in [-0.2, 0) is 63.6 Å². The highest BCUT2D eigenvalue weighted by Crippen LogP contribution is 2.44. The van der Waals surface area contributed by atoms with Crippen LogP contribution in [0.2, 0.25) is 0 Å². The molecule has 5 amide bonds. The summed E-state index contributed by atoms with van der Waals surface area (Å²) in [6, 6.07) is 18.0. The number of methoxy groups -OCH3 is 1. The molecule has 0 saturated heterocycles. The van der Waals surface area contributed by atoms with Crippen LogP contribution in [0.5, 0.6) is 0 Å². The quantitative estimate of drug-likeness (QED) is 0.0353. The fraction of sp³-hybridized carbons (Fsp3) is 0.547. The topological polar surface area (TPSA) is 255 Å². The Kier molecular flexibility index (Phi) is 29.7. The monoisotopic (exact) mass is 1020 g/mol. The van der Waals surface area contributed by atoms with Gasteiger partial charge in [0.05, 0.1) is 112 Å². The molecule has 1 aliphatic carbocycles. The largest absolute Gasteiger partial charge is 0.449 e. The fourth-order valence-electron chi connectivity index (χ4n) is 7.42. The molecule has 0 spiro atoms. The zero-order valence-corrected chi connectivity index (χ0v) is 42.5. The highest BCUT2D eigenvalue weighted by molar-refractivity contribution is 5.98. The number of aliphatic hydroxyl groups is 1. The Morgan fingerprint density at radius 3 is 1.66 bits per heavy atom. The average Bonchev–Trinajstić information content (AvgIpc) is 3.71. The van der Waals surface area contributed by atoms with Gasteiger partial charge < -0.3 is 79.5 Å². The molecule has 0 aromatic heterocycles. The van der Waals surface area contributed by atoms with Crippen molar-refractivity contribution < 1.29 is 71.7 Å². The Morgan fingerprint density at radius 1 is 0.658 bits per heavy atom. The van der Waals surface area contributed by atoms with Gasteiger partial charge in [-0.1, -0.05) is 80.3 Å². The van der Waals surface area contributed by atoms with E-state index in [-0.39, 0.29) is 44.6 Å². The zero-order chi connectivity index (χ0) is 52.3. The summed E-state index contributed by atoms with van der Waals surface area (Å²) in [6.45, 7) is 10.8. The predicted octanol–water partition coefficient (Wildman–Crippen LogP) is 3.74. The number of benzene rings is 3. The lowest BCUT2D eigenvalue weighted by Crippen LogP contribution is -2.54. The second kappa shape index (κ2) is 36.3. The van der Waals surface area contributed by atoms with E-state index in [1.807, 2.05) is 48.5 Å². The molecular formula is C53H75N5O15. The highest BCUT2D eigenvalue weighted by atomic mass is 16.6. The van der Waals surface area contributed by atoms with Crippen molar-refractivity contribution in [2.45, 2.75) is 51.3 Å². The summed E-state index contributed by atoms with van der Waals surface area (Å²) >= 11 is 0. The van der Waals surface area contributed by atoms with Gasteiger partial charge in [0.2, 0.25) is 11.8 Å². The first-order chi connectivity index (χ1) is 35.6. The van der Waals surface area contributed by atoms with Crippen LogP contribution in [0.25, 0.3) is 11.1 Å². The molecule has 4 rings (SSSR count). The third kappa shape index (κ3) is 23.4. The smallest absolute Gasteiger partial charge is 0.407 e. The summed E-state index contributed by atoms with van der Waals surface area (Å²) in [5.74, 6) is 4.21. The van der Waals surface area contributed by atoms with E-state index in [2.05, 4.69) is 33.1 Å². The molecule has 7 N–H and O–H groups in total. The molecule has 73 heavy (non-hydrogen) atoms. The van der Waals surface area contributed by atoms with Crippen molar-refractivity contribution >= 4 is 29.6 Å². The lowest BCUT2D eigenvalue weighted by atomic mass is 9.98. The van der Waals surface area contributed by atoms with Crippen molar-refractivity contribution in [3.05, 3.63) is 89.0 Å². The molecule has 0 saturated carbocycles. The summed E-state index contributed by atoms with van der Waals surface area (Å²) in [6.07, 6.45) is -0.353. The number of hydrogen-bond donors (Lipinski definition) is 6. The maximum atomic E-state index is 13.8. The Labute approximate surface area is 428 Å². The lowest BCUT2D eigenvalue weighted by Gasteiger charge is -2.25. The van der Waals surface area contributed by atoms with Gasteiger partial charge in [0.15, 0.2) is 0 Å². The van der Waals surface area contributed by atoms with Crippen molar-refractivity contribution in [3.8, 4) is 23.0 Å². The van der Waals surface area contributed by atoms with E-state index in [0.29, 0.717) is 129 Å². The average molecular weight is 1020 g/mol. The number of amides is 5. The Morgan fingerprint density at radius 2 is 1.16 bits per heavy atom. The standard InChI is InChI=1S/C53H75N5O15/c1-39(2)49(58-53(63)73-38-47-45-13-6-4-11-43(45)44-12-5-7-14-46(44)47)51(61)57-48(15-8-18-55-52(54)62)50(60)56-42-17-16-41(37-59)40(36-42)10-9-19-65-22-23-67-26-27-69-30-31-71-34-35-72-33-32-70-29-28-68-25-24-66-21-20-64-3/h4-7,11-14,16-17,36,39,47-49,59H,8,15,18-35,37-38H2,1-3H3,(H,56,60)(H,57,61)(H,58,63)(H3,54,55,62). The molecular weight excluding hydrogens is 947 g/mol. The van der Waals surface area contributed by atoms with Gasteiger partial charge in [-0.2, -0.15) is 0 Å². The minimum Gasteiger partial charge on any atom is -0.449 e. The molecule has 3 aromatic carbocycles. The third-order valence-corrected chi connectivity index (χ3v) is 11.1. The van der Waals surface area contributed by atoms with Crippen molar-refractivity contribution in [1.29, 1.82) is 0 Å². The van der Waals surface area contributed by atoms with Gasteiger partial charge in [-0.25, -0.2) is 9.59 Å². The second-order valence-electron chi connectivity index (χ2n) is 16.8. The molecule has 402 valence electrons. The van der Waals surface area contributed by atoms with Gasteiger partial charge in [0.1, 0.15) is 25.3 Å². The van der Waals surface area contributed by atoms with Crippen LogP contribution in [0.15, 0.2) is 66.7 Å². The number of rotatable bonds is 38. The number of carbonyl (C=O) groups excluding carboxylic acids is 4. The number of hydrogen-bond acceptors (Lipinski definition) is 15. The lowest BCUT2D eigenvalue weighted by molar-refractivity contribution is -0.128. The van der Waals surface area contributed by atoms with Crippen LogP contribution in [0.1, 0.15) is 54.9 Å². The first kappa shape index (κ1) is 59.9. The summed E-state index contributed by atoms with van der Waals surface area (Å²) in [5.41, 5.74) is 10.9. The first-order valence-electron chi connectivity index (χ1n) is 24.7. The zero-order valence-electron chi connectivity index (χ0n) is 42.5. The van der Waals surface area contributed by atoms with E-state index < -0.39 is 36.0 Å². The Balaban J connectivity index is 1.12. The van der Waals surface area contributed by atoms with E-state index >= 15 is 0 Å². The normalized spacial score (nSPS) is 12.6. The number of aliphatic hydroxyl groups excluding tert-OH is 1. The minimum absolute atomic E-state index is 0.0614. The predicted molar refractivity (Wildman–Crippen MR) is 272 cm³/mol. The van der Waals surface area contributed by atoms with Gasteiger partial charge in [-0.3, -0.25) is 9.59 Å².